The largest absolute Gasteiger partial charge is 0.416 e. The van der Waals surface area contributed by atoms with Crippen molar-refractivity contribution < 1.29 is 18.0 Å². The Kier molecular flexibility index (Phi) is 5.11. The van der Waals surface area contributed by atoms with Crippen LogP contribution in [0.1, 0.15) is 29.3 Å². The SMILES string of the molecule is CCC(CN(C)C)C(=O)c1cccc(C(F)(F)F)c1. The first kappa shape index (κ1) is 15.7. The number of hydrogen-bond acceptors (Lipinski definition) is 2. The number of carbonyl (C=O) groups is 1. The average Bonchev–Trinajstić information content (AvgIpc) is 2.34. The summed E-state index contributed by atoms with van der Waals surface area (Å²) in [5.74, 6) is -0.513. The number of benzene rings is 1. The lowest BCUT2D eigenvalue weighted by Gasteiger charge is -2.19. The Morgan fingerprint density at radius 1 is 1.32 bits per heavy atom. The van der Waals surface area contributed by atoms with Crippen LogP contribution in [0.5, 0.6) is 0 Å². The van der Waals surface area contributed by atoms with Gasteiger partial charge in [-0.3, -0.25) is 4.79 Å². The minimum Gasteiger partial charge on any atom is -0.309 e. The first-order chi connectivity index (χ1) is 8.75. The molecule has 5 heteroatoms. The zero-order valence-corrected chi connectivity index (χ0v) is 11.3. The van der Waals surface area contributed by atoms with Crippen molar-refractivity contribution in [1.82, 2.24) is 4.90 Å². The van der Waals surface area contributed by atoms with Crippen molar-refractivity contribution in [2.24, 2.45) is 5.92 Å². The molecule has 0 N–H and O–H groups in total. The van der Waals surface area contributed by atoms with Gasteiger partial charge in [-0.15, -0.1) is 0 Å². The van der Waals surface area contributed by atoms with Gasteiger partial charge >= 0.3 is 6.18 Å². The molecule has 0 fully saturated rings. The molecule has 0 heterocycles. The summed E-state index contributed by atoms with van der Waals surface area (Å²) in [6.45, 7) is 2.39. The van der Waals surface area contributed by atoms with Crippen molar-refractivity contribution in [2.75, 3.05) is 20.6 Å². The minimum atomic E-state index is -4.42. The van der Waals surface area contributed by atoms with Crippen molar-refractivity contribution in [2.45, 2.75) is 19.5 Å². The molecule has 0 saturated carbocycles. The highest BCUT2D eigenvalue weighted by Gasteiger charge is 2.31. The summed E-state index contributed by atoms with van der Waals surface area (Å²) < 4.78 is 37.8. The maximum absolute atomic E-state index is 12.6. The van der Waals surface area contributed by atoms with E-state index in [1.165, 1.54) is 12.1 Å². The van der Waals surface area contributed by atoms with Gasteiger partial charge in [0.25, 0.3) is 0 Å². The van der Waals surface area contributed by atoms with Gasteiger partial charge < -0.3 is 4.90 Å². The van der Waals surface area contributed by atoms with Crippen LogP contribution in [0.15, 0.2) is 24.3 Å². The summed E-state index contributed by atoms with van der Waals surface area (Å²) >= 11 is 0. The zero-order valence-electron chi connectivity index (χ0n) is 11.3. The normalized spacial score (nSPS) is 13.6. The Balaban J connectivity index is 2.99. The Bertz CT molecular complexity index is 441. The summed E-state index contributed by atoms with van der Waals surface area (Å²) in [4.78, 5) is 14.1. The lowest BCUT2D eigenvalue weighted by molar-refractivity contribution is -0.137. The summed E-state index contributed by atoms with van der Waals surface area (Å²) in [6, 6.07) is 4.62. The molecule has 0 aliphatic heterocycles. The monoisotopic (exact) mass is 273 g/mol. The van der Waals surface area contributed by atoms with Gasteiger partial charge in [-0.1, -0.05) is 19.1 Å². The number of ketones is 1. The van der Waals surface area contributed by atoms with E-state index in [1.54, 1.807) is 0 Å². The Morgan fingerprint density at radius 3 is 2.42 bits per heavy atom. The van der Waals surface area contributed by atoms with Crippen LogP contribution >= 0.6 is 0 Å². The van der Waals surface area contributed by atoms with Crippen LogP contribution < -0.4 is 0 Å². The van der Waals surface area contributed by atoms with Gasteiger partial charge in [0.2, 0.25) is 0 Å². The summed E-state index contributed by atoms with van der Waals surface area (Å²) in [6.07, 6.45) is -3.81. The summed E-state index contributed by atoms with van der Waals surface area (Å²) in [7, 11) is 3.67. The van der Waals surface area contributed by atoms with Crippen LogP contribution in [0.4, 0.5) is 13.2 Å². The highest BCUT2D eigenvalue weighted by Crippen LogP contribution is 2.30. The molecule has 0 radical (unpaired) electrons. The van der Waals surface area contributed by atoms with Gasteiger partial charge in [0, 0.05) is 18.0 Å². The molecule has 1 aromatic carbocycles. The van der Waals surface area contributed by atoms with Crippen molar-refractivity contribution in [3.63, 3.8) is 0 Å². The van der Waals surface area contributed by atoms with Crippen LogP contribution in [0, 0.1) is 5.92 Å². The number of hydrogen-bond donors (Lipinski definition) is 0. The fraction of sp³-hybridized carbons (Fsp3) is 0.500. The second-order valence-corrected chi connectivity index (χ2v) is 4.81. The molecule has 0 spiro atoms. The van der Waals surface area contributed by atoms with E-state index in [-0.39, 0.29) is 17.3 Å². The Hall–Kier alpha value is -1.36. The van der Waals surface area contributed by atoms with E-state index in [9.17, 15) is 18.0 Å². The van der Waals surface area contributed by atoms with E-state index < -0.39 is 11.7 Å². The second kappa shape index (κ2) is 6.19. The van der Waals surface area contributed by atoms with Gasteiger partial charge in [0.15, 0.2) is 5.78 Å². The number of carbonyl (C=O) groups excluding carboxylic acids is 1. The quantitative estimate of drug-likeness (QED) is 0.766. The van der Waals surface area contributed by atoms with E-state index in [0.717, 1.165) is 12.1 Å². The van der Waals surface area contributed by atoms with E-state index in [4.69, 9.17) is 0 Å². The predicted octanol–water partition coefficient (Wildman–Crippen LogP) is 3.48. The van der Waals surface area contributed by atoms with Crippen LogP contribution in [0.25, 0.3) is 0 Å². The van der Waals surface area contributed by atoms with Crippen molar-refractivity contribution in [3.05, 3.63) is 35.4 Å². The van der Waals surface area contributed by atoms with Gasteiger partial charge in [-0.25, -0.2) is 0 Å². The van der Waals surface area contributed by atoms with Crippen LogP contribution in [-0.4, -0.2) is 31.3 Å². The number of halogens is 3. The molecule has 1 rings (SSSR count). The maximum atomic E-state index is 12.6. The van der Waals surface area contributed by atoms with Gasteiger partial charge in [0.05, 0.1) is 5.56 Å². The molecule has 0 bridgehead atoms. The molecule has 0 saturated heterocycles. The molecule has 106 valence electrons. The minimum absolute atomic E-state index is 0.128. The van der Waals surface area contributed by atoms with Crippen LogP contribution in [0.2, 0.25) is 0 Å². The number of alkyl halides is 3. The molecular weight excluding hydrogens is 255 g/mol. The fourth-order valence-electron chi connectivity index (χ4n) is 1.92. The number of nitrogens with zero attached hydrogens (tertiary/aromatic N) is 1. The van der Waals surface area contributed by atoms with Crippen molar-refractivity contribution >= 4 is 5.78 Å². The van der Waals surface area contributed by atoms with Gasteiger partial charge in [-0.2, -0.15) is 13.2 Å². The lowest BCUT2D eigenvalue weighted by Crippen LogP contribution is -2.27. The second-order valence-electron chi connectivity index (χ2n) is 4.81. The Morgan fingerprint density at radius 2 is 1.95 bits per heavy atom. The third-order valence-corrected chi connectivity index (χ3v) is 2.92. The van der Waals surface area contributed by atoms with E-state index >= 15 is 0 Å². The summed E-state index contributed by atoms with van der Waals surface area (Å²) in [5.41, 5.74) is -0.651. The number of Topliss-reactive ketones (excluding diaryl/α,β-unsaturated/α-hetero) is 1. The van der Waals surface area contributed by atoms with Crippen molar-refractivity contribution in [3.8, 4) is 0 Å². The maximum Gasteiger partial charge on any atom is 0.416 e. The van der Waals surface area contributed by atoms with Gasteiger partial charge in [0.1, 0.15) is 0 Å². The summed E-state index contributed by atoms with van der Waals surface area (Å²) in [5, 5.41) is 0. The average molecular weight is 273 g/mol. The van der Waals surface area contributed by atoms with Crippen LogP contribution in [0.3, 0.4) is 0 Å². The zero-order chi connectivity index (χ0) is 14.6. The highest BCUT2D eigenvalue weighted by molar-refractivity contribution is 5.98. The first-order valence-corrected chi connectivity index (χ1v) is 6.12. The topological polar surface area (TPSA) is 20.3 Å². The molecule has 1 aromatic rings. The third-order valence-electron chi connectivity index (χ3n) is 2.92. The fourth-order valence-corrected chi connectivity index (χ4v) is 1.92. The molecule has 1 unspecified atom stereocenters. The molecule has 0 aliphatic carbocycles. The Labute approximate surface area is 111 Å². The number of rotatable bonds is 5. The smallest absolute Gasteiger partial charge is 0.309 e. The van der Waals surface area contributed by atoms with Crippen molar-refractivity contribution in [1.29, 1.82) is 0 Å². The standard InChI is InChI=1S/C14H18F3NO/c1-4-10(9-18(2)3)13(19)11-6-5-7-12(8-11)14(15,16)17/h5-8,10H,4,9H2,1-3H3. The molecule has 2 nitrogen and oxygen atoms in total. The lowest BCUT2D eigenvalue weighted by atomic mass is 9.94. The molecule has 1 atom stereocenters. The van der Waals surface area contributed by atoms with Crippen LogP contribution in [-0.2, 0) is 6.18 Å². The molecule has 0 amide bonds. The third kappa shape index (κ3) is 4.35. The van der Waals surface area contributed by atoms with Gasteiger partial charge in [-0.05, 0) is 32.6 Å². The van der Waals surface area contributed by atoms with E-state index in [0.29, 0.717) is 13.0 Å². The molecule has 0 aromatic heterocycles. The highest BCUT2D eigenvalue weighted by atomic mass is 19.4. The molecular formula is C14H18F3NO. The molecule has 0 aliphatic rings. The van der Waals surface area contributed by atoms with E-state index in [1.807, 2.05) is 25.9 Å². The first-order valence-electron chi connectivity index (χ1n) is 6.12. The van der Waals surface area contributed by atoms with E-state index in [2.05, 4.69) is 0 Å². The molecule has 19 heavy (non-hydrogen) atoms. The predicted molar refractivity (Wildman–Crippen MR) is 68.1 cm³/mol.